The van der Waals surface area contributed by atoms with E-state index in [2.05, 4.69) is 5.32 Å². The van der Waals surface area contributed by atoms with Crippen LogP contribution in [-0.4, -0.2) is 46.7 Å². The fraction of sp³-hybridized carbons (Fsp3) is 0.333. The summed E-state index contributed by atoms with van der Waals surface area (Å²) in [5.74, 6) is 0.392. The Labute approximate surface area is 151 Å². The number of nitrogens with zero attached hydrogens (tertiary/aromatic N) is 1. The van der Waals surface area contributed by atoms with Crippen LogP contribution < -0.4 is 10.1 Å². The summed E-state index contributed by atoms with van der Waals surface area (Å²) in [6.07, 6.45) is 0. The van der Waals surface area contributed by atoms with Gasteiger partial charge < -0.3 is 19.7 Å². The van der Waals surface area contributed by atoms with E-state index in [0.29, 0.717) is 17.9 Å². The Hall–Kier alpha value is -2.41. The van der Waals surface area contributed by atoms with Gasteiger partial charge in [-0.15, -0.1) is 11.8 Å². The number of hydrogen-bond donors (Lipinski definition) is 2. The first kappa shape index (κ1) is 18.9. The molecule has 25 heavy (non-hydrogen) atoms. The minimum Gasteiger partial charge on any atom is -0.497 e. The molecule has 1 amide bonds. The molecule has 0 aliphatic carbocycles. The van der Waals surface area contributed by atoms with Gasteiger partial charge in [-0.3, -0.25) is 9.59 Å². The number of rotatable bonds is 8. The van der Waals surface area contributed by atoms with Gasteiger partial charge in [0.2, 0.25) is 0 Å². The smallest absolute Gasteiger partial charge is 0.313 e. The van der Waals surface area contributed by atoms with Crippen molar-refractivity contribution >= 4 is 23.6 Å². The monoisotopic (exact) mass is 362 g/mol. The summed E-state index contributed by atoms with van der Waals surface area (Å²) in [5, 5.41) is 11.4. The first-order chi connectivity index (χ1) is 11.9. The van der Waals surface area contributed by atoms with Crippen molar-refractivity contribution in [1.82, 2.24) is 9.88 Å². The first-order valence-electron chi connectivity index (χ1n) is 7.85. The molecule has 0 saturated carbocycles. The first-order valence-corrected chi connectivity index (χ1v) is 9.00. The lowest BCUT2D eigenvalue weighted by molar-refractivity contribution is -0.133. The molecular formula is C18H22N2O4S. The number of aromatic nitrogens is 1. The van der Waals surface area contributed by atoms with E-state index in [1.54, 1.807) is 7.11 Å². The number of methoxy groups -OCH3 is 1. The van der Waals surface area contributed by atoms with Crippen LogP contribution in [0.25, 0.3) is 5.69 Å². The molecule has 0 saturated heterocycles. The number of aryl methyl sites for hydroxylation is 1. The maximum absolute atomic E-state index is 12.4. The van der Waals surface area contributed by atoms with Crippen molar-refractivity contribution in [3.63, 3.8) is 0 Å². The molecule has 1 aromatic heterocycles. The molecule has 7 heteroatoms. The van der Waals surface area contributed by atoms with Gasteiger partial charge in [-0.1, -0.05) is 0 Å². The fourth-order valence-electron chi connectivity index (χ4n) is 2.61. The number of benzene rings is 1. The Kier molecular flexibility index (Phi) is 6.52. The summed E-state index contributed by atoms with van der Waals surface area (Å²) in [6, 6.07) is 9.52. The second-order valence-corrected chi connectivity index (χ2v) is 6.63. The average Bonchev–Trinajstić information content (AvgIpc) is 2.89. The number of carbonyl (C=O) groups excluding carboxylic acids is 1. The molecule has 2 aromatic rings. The predicted molar refractivity (Wildman–Crippen MR) is 99.1 cm³/mol. The summed E-state index contributed by atoms with van der Waals surface area (Å²) in [4.78, 5) is 22.8. The van der Waals surface area contributed by atoms with Crippen molar-refractivity contribution in [2.45, 2.75) is 13.8 Å². The van der Waals surface area contributed by atoms with E-state index < -0.39 is 5.97 Å². The number of carboxylic acid groups (broad SMARTS) is 1. The third-order valence-corrected chi connectivity index (χ3v) is 4.71. The van der Waals surface area contributed by atoms with Gasteiger partial charge in [-0.05, 0) is 44.2 Å². The standard InChI is InChI=1S/C18H22N2O4S/c1-12-10-16(18(23)19-8-9-25-11-17(21)22)13(2)20(12)14-4-6-15(24-3)7-5-14/h4-7,10H,8-9,11H2,1-3H3,(H,19,23)(H,21,22). The summed E-state index contributed by atoms with van der Waals surface area (Å²) < 4.78 is 7.20. The molecule has 6 nitrogen and oxygen atoms in total. The second kappa shape index (κ2) is 8.62. The number of carboxylic acids is 1. The maximum Gasteiger partial charge on any atom is 0.313 e. The largest absolute Gasteiger partial charge is 0.497 e. The minimum atomic E-state index is -0.848. The third kappa shape index (κ3) is 4.79. The van der Waals surface area contributed by atoms with Crippen molar-refractivity contribution in [2.75, 3.05) is 25.2 Å². The van der Waals surface area contributed by atoms with E-state index in [0.717, 1.165) is 22.8 Å². The number of aliphatic carboxylic acids is 1. The van der Waals surface area contributed by atoms with E-state index >= 15 is 0 Å². The van der Waals surface area contributed by atoms with Crippen LogP contribution in [-0.2, 0) is 4.79 Å². The Morgan fingerprint density at radius 2 is 1.92 bits per heavy atom. The number of hydrogen-bond acceptors (Lipinski definition) is 4. The van der Waals surface area contributed by atoms with Gasteiger partial charge in [-0.25, -0.2) is 0 Å². The highest BCUT2D eigenvalue weighted by molar-refractivity contribution is 7.99. The lowest BCUT2D eigenvalue weighted by Gasteiger charge is -2.11. The zero-order chi connectivity index (χ0) is 18.4. The van der Waals surface area contributed by atoms with Gasteiger partial charge in [0, 0.05) is 29.4 Å². The van der Waals surface area contributed by atoms with Crippen LogP contribution in [0, 0.1) is 13.8 Å². The van der Waals surface area contributed by atoms with Gasteiger partial charge in [-0.2, -0.15) is 0 Å². The number of carbonyl (C=O) groups is 2. The number of nitrogens with one attached hydrogen (secondary N) is 1. The minimum absolute atomic E-state index is 0.0435. The molecule has 0 fully saturated rings. The Morgan fingerprint density at radius 3 is 2.52 bits per heavy atom. The molecule has 0 bridgehead atoms. The number of thioether (sulfide) groups is 1. The molecule has 0 spiro atoms. The number of ether oxygens (including phenoxy) is 1. The van der Waals surface area contributed by atoms with Gasteiger partial charge >= 0.3 is 5.97 Å². The van der Waals surface area contributed by atoms with Crippen LogP contribution >= 0.6 is 11.8 Å². The van der Waals surface area contributed by atoms with Gasteiger partial charge in [0.05, 0.1) is 18.4 Å². The summed E-state index contributed by atoms with van der Waals surface area (Å²) in [7, 11) is 1.62. The SMILES string of the molecule is COc1ccc(-n2c(C)cc(C(=O)NCCSCC(=O)O)c2C)cc1. The third-order valence-electron chi connectivity index (χ3n) is 3.76. The molecule has 0 radical (unpaired) electrons. The van der Waals surface area contributed by atoms with Crippen LogP contribution in [0.4, 0.5) is 0 Å². The van der Waals surface area contributed by atoms with Gasteiger partial charge in [0.25, 0.3) is 5.91 Å². The van der Waals surface area contributed by atoms with Crippen LogP contribution in [0.15, 0.2) is 30.3 Å². The number of amides is 1. The van der Waals surface area contributed by atoms with Crippen molar-refractivity contribution in [3.05, 3.63) is 47.3 Å². The van der Waals surface area contributed by atoms with E-state index in [-0.39, 0.29) is 11.7 Å². The second-order valence-electron chi connectivity index (χ2n) is 5.52. The molecule has 0 aliphatic heterocycles. The van der Waals surface area contributed by atoms with Crippen LogP contribution in [0.5, 0.6) is 5.75 Å². The molecular weight excluding hydrogens is 340 g/mol. The van der Waals surface area contributed by atoms with E-state index in [4.69, 9.17) is 9.84 Å². The molecule has 134 valence electrons. The quantitative estimate of drug-likeness (QED) is 0.706. The molecule has 0 aliphatic rings. The normalized spacial score (nSPS) is 10.5. The van der Waals surface area contributed by atoms with Crippen molar-refractivity contribution < 1.29 is 19.4 Å². The fourth-order valence-corrected chi connectivity index (χ4v) is 3.18. The summed E-state index contributed by atoms with van der Waals surface area (Å²) in [5.41, 5.74) is 3.41. The Morgan fingerprint density at radius 1 is 1.24 bits per heavy atom. The highest BCUT2D eigenvalue weighted by atomic mass is 32.2. The summed E-state index contributed by atoms with van der Waals surface area (Å²) >= 11 is 1.28. The Bertz CT molecular complexity index is 753. The zero-order valence-electron chi connectivity index (χ0n) is 14.5. The average molecular weight is 362 g/mol. The lowest BCUT2D eigenvalue weighted by atomic mass is 10.2. The highest BCUT2D eigenvalue weighted by Gasteiger charge is 2.16. The van der Waals surface area contributed by atoms with E-state index in [1.165, 1.54) is 11.8 Å². The lowest BCUT2D eigenvalue weighted by Crippen LogP contribution is -2.26. The molecule has 1 heterocycles. The van der Waals surface area contributed by atoms with E-state index in [1.807, 2.05) is 48.7 Å². The van der Waals surface area contributed by atoms with Crippen molar-refractivity contribution in [2.24, 2.45) is 0 Å². The van der Waals surface area contributed by atoms with E-state index in [9.17, 15) is 9.59 Å². The molecule has 1 aromatic carbocycles. The summed E-state index contributed by atoms with van der Waals surface area (Å²) in [6.45, 7) is 4.30. The van der Waals surface area contributed by atoms with Gasteiger partial charge in [0.15, 0.2) is 0 Å². The van der Waals surface area contributed by atoms with Crippen molar-refractivity contribution in [3.8, 4) is 11.4 Å². The molecule has 2 N–H and O–H groups in total. The van der Waals surface area contributed by atoms with Crippen molar-refractivity contribution in [1.29, 1.82) is 0 Å². The maximum atomic E-state index is 12.4. The molecule has 2 rings (SSSR count). The van der Waals surface area contributed by atoms with Crippen LogP contribution in [0.3, 0.4) is 0 Å². The predicted octanol–water partition coefficient (Wildman–Crippen LogP) is 2.65. The highest BCUT2D eigenvalue weighted by Crippen LogP contribution is 2.22. The topological polar surface area (TPSA) is 80.6 Å². The molecule has 0 atom stereocenters. The van der Waals surface area contributed by atoms with Crippen LogP contribution in [0.2, 0.25) is 0 Å². The molecule has 0 unspecified atom stereocenters. The Balaban J connectivity index is 2.07. The van der Waals surface area contributed by atoms with Crippen LogP contribution in [0.1, 0.15) is 21.7 Å². The zero-order valence-corrected chi connectivity index (χ0v) is 15.4. The van der Waals surface area contributed by atoms with Gasteiger partial charge in [0.1, 0.15) is 5.75 Å².